The summed E-state index contributed by atoms with van der Waals surface area (Å²) in [5, 5.41) is 6.03. The Morgan fingerprint density at radius 2 is 2.12 bits per heavy atom. The maximum absolute atomic E-state index is 12.8. The van der Waals surface area contributed by atoms with E-state index in [1.165, 1.54) is 18.4 Å². The summed E-state index contributed by atoms with van der Waals surface area (Å²) in [5.41, 5.74) is -1.49. The number of aromatic nitrogens is 1. The Balaban J connectivity index is 2.38. The number of nitrogens with one attached hydrogen (secondary N) is 1. The highest BCUT2D eigenvalue weighted by Gasteiger charge is 2.55. The number of methoxy groups -OCH3 is 1. The number of ether oxygens (including phenoxy) is 2. The number of hydrogen-bond acceptors (Lipinski definition) is 7. The van der Waals surface area contributed by atoms with Crippen molar-refractivity contribution in [2.45, 2.75) is 64.6 Å². The van der Waals surface area contributed by atoms with Gasteiger partial charge in [0.05, 0.1) is 19.1 Å². The third-order valence-electron chi connectivity index (χ3n) is 4.16. The molecular formula is C18H28N2O4S. The van der Waals surface area contributed by atoms with Crippen LogP contribution < -0.4 is 5.32 Å². The minimum atomic E-state index is -0.902. The fourth-order valence-electron chi connectivity index (χ4n) is 3.43. The minimum Gasteiger partial charge on any atom is -0.468 e. The van der Waals surface area contributed by atoms with E-state index >= 15 is 0 Å². The van der Waals surface area contributed by atoms with Gasteiger partial charge in [0.1, 0.15) is 16.1 Å². The van der Waals surface area contributed by atoms with Gasteiger partial charge in [-0.1, -0.05) is 13.8 Å². The highest BCUT2D eigenvalue weighted by Crippen LogP contribution is 2.43. The number of thiazole rings is 1. The van der Waals surface area contributed by atoms with Crippen molar-refractivity contribution in [3.05, 3.63) is 16.6 Å². The summed E-state index contributed by atoms with van der Waals surface area (Å²) < 4.78 is 10.7. The van der Waals surface area contributed by atoms with Gasteiger partial charge in [-0.2, -0.15) is 0 Å². The lowest BCUT2D eigenvalue weighted by Gasteiger charge is -2.29. The number of carbonyl (C=O) groups excluding carboxylic acids is 2. The standard InChI is InChI=1S/C18H28N2O4S/c1-11(2)9-18(16(22)23-6)10-12(15(21)24-17(3,4)5)13(20-18)14-19-7-8-25-14/h7-8,11-13,20H,9-10H2,1-6H3/t12-,13-,18+/m0/s1. The van der Waals surface area contributed by atoms with Crippen molar-refractivity contribution in [3.63, 3.8) is 0 Å². The van der Waals surface area contributed by atoms with Gasteiger partial charge in [-0.3, -0.25) is 14.9 Å². The average molecular weight is 368 g/mol. The molecule has 7 heteroatoms. The Bertz CT molecular complexity index is 609. The molecule has 1 aliphatic heterocycles. The van der Waals surface area contributed by atoms with E-state index in [-0.39, 0.29) is 23.9 Å². The van der Waals surface area contributed by atoms with Crippen molar-refractivity contribution in [3.8, 4) is 0 Å². The van der Waals surface area contributed by atoms with Crippen LogP contribution in [0, 0.1) is 11.8 Å². The normalized spacial score (nSPS) is 26.7. The number of nitrogens with zero attached hydrogens (tertiary/aromatic N) is 1. The molecule has 0 unspecified atom stereocenters. The molecule has 0 aliphatic carbocycles. The number of carbonyl (C=O) groups is 2. The molecule has 1 fully saturated rings. The third kappa shape index (κ3) is 4.58. The van der Waals surface area contributed by atoms with E-state index < -0.39 is 17.1 Å². The summed E-state index contributed by atoms with van der Waals surface area (Å²) in [6.45, 7) is 9.62. The highest BCUT2D eigenvalue weighted by atomic mass is 32.1. The zero-order valence-corrected chi connectivity index (χ0v) is 16.6. The van der Waals surface area contributed by atoms with Gasteiger partial charge in [0, 0.05) is 11.6 Å². The maximum atomic E-state index is 12.8. The van der Waals surface area contributed by atoms with E-state index in [0.717, 1.165) is 5.01 Å². The molecule has 0 radical (unpaired) electrons. The summed E-state index contributed by atoms with van der Waals surface area (Å²) in [4.78, 5) is 29.8. The van der Waals surface area contributed by atoms with E-state index in [2.05, 4.69) is 10.3 Å². The van der Waals surface area contributed by atoms with Crippen LogP contribution in [0.1, 0.15) is 58.5 Å². The summed E-state index contributed by atoms with van der Waals surface area (Å²) in [6.07, 6.45) is 2.63. The van der Waals surface area contributed by atoms with Crippen molar-refractivity contribution >= 4 is 23.3 Å². The summed E-state index contributed by atoms with van der Waals surface area (Å²) >= 11 is 1.46. The topological polar surface area (TPSA) is 77.5 Å². The molecule has 140 valence electrons. The van der Waals surface area contributed by atoms with E-state index in [9.17, 15) is 9.59 Å². The van der Waals surface area contributed by atoms with Gasteiger partial charge in [0.2, 0.25) is 0 Å². The molecule has 0 aromatic carbocycles. The molecule has 0 spiro atoms. The maximum Gasteiger partial charge on any atom is 0.326 e. The molecule has 1 aromatic rings. The summed E-state index contributed by atoms with van der Waals surface area (Å²) in [6, 6.07) is -0.354. The fourth-order valence-corrected chi connectivity index (χ4v) is 4.18. The predicted molar refractivity (Wildman–Crippen MR) is 96.1 cm³/mol. The monoisotopic (exact) mass is 368 g/mol. The van der Waals surface area contributed by atoms with Crippen molar-refractivity contribution in [2.24, 2.45) is 11.8 Å². The second-order valence-electron chi connectivity index (χ2n) is 8.01. The van der Waals surface area contributed by atoms with Crippen LogP contribution in [0.3, 0.4) is 0 Å². The van der Waals surface area contributed by atoms with Gasteiger partial charge in [-0.05, 0) is 39.5 Å². The fraction of sp³-hybridized carbons (Fsp3) is 0.722. The quantitative estimate of drug-likeness (QED) is 0.805. The van der Waals surface area contributed by atoms with Crippen molar-refractivity contribution in [1.29, 1.82) is 0 Å². The first-order valence-corrected chi connectivity index (χ1v) is 9.44. The zero-order valence-electron chi connectivity index (χ0n) is 15.8. The first-order valence-electron chi connectivity index (χ1n) is 8.56. The van der Waals surface area contributed by atoms with E-state index in [1.54, 1.807) is 6.20 Å². The van der Waals surface area contributed by atoms with Crippen LogP contribution in [0.2, 0.25) is 0 Å². The molecule has 1 saturated heterocycles. The molecule has 3 atom stereocenters. The molecule has 2 heterocycles. The summed E-state index contributed by atoms with van der Waals surface area (Å²) in [5.74, 6) is -0.868. The molecule has 1 aliphatic rings. The Morgan fingerprint density at radius 3 is 2.60 bits per heavy atom. The second-order valence-corrected chi connectivity index (χ2v) is 8.93. The average Bonchev–Trinajstić information content (AvgIpc) is 3.11. The SMILES string of the molecule is COC(=O)[C@@]1(CC(C)C)C[C@H](C(=O)OC(C)(C)C)[C@@H](c2nccs2)N1. The minimum absolute atomic E-state index is 0.265. The van der Waals surface area contributed by atoms with Crippen LogP contribution in [-0.2, 0) is 19.1 Å². The van der Waals surface area contributed by atoms with Gasteiger partial charge in [-0.25, -0.2) is 4.98 Å². The van der Waals surface area contributed by atoms with Gasteiger partial charge in [0.25, 0.3) is 0 Å². The largest absolute Gasteiger partial charge is 0.468 e. The van der Waals surface area contributed by atoms with Gasteiger partial charge in [-0.15, -0.1) is 11.3 Å². The van der Waals surface area contributed by atoms with Crippen LogP contribution in [0.5, 0.6) is 0 Å². The van der Waals surface area contributed by atoms with Crippen LogP contribution >= 0.6 is 11.3 Å². The van der Waals surface area contributed by atoms with Crippen molar-refractivity contribution < 1.29 is 19.1 Å². The molecule has 6 nitrogen and oxygen atoms in total. The Labute approximate surface area is 153 Å². The van der Waals surface area contributed by atoms with Gasteiger partial charge in [0.15, 0.2) is 0 Å². The molecule has 0 bridgehead atoms. The molecule has 25 heavy (non-hydrogen) atoms. The molecular weight excluding hydrogens is 340 g/mol. The van der Waals surface area contributed by atoms with E-state index in [4.69, 9.17) is 9.47 Å². The zero-order chi connectivity index (χ0) is 18.8. The Hall–Kier alpha value is -1.47. The Kier molecular flexibility index (Phi) is 5.89. The smallest absolute Gasteiger partial charge is 0.326 e. The number of hydrogen-bond donors (Lipinski definition) is 1. The van der Waals surface area contributed by atoms with E-state index in [1.807, 2.05) is 40.0 Å². The third-order valence-corrected chi connectivity index (χ3v) is 5.02. The van der Waals surface area contributed by atoms with Crippen LogP contribution in [0.25, 0.3) is 0 Å². The number of rotatable bonds is 5. The molecule has 0 saturated carbocycles. The predicted octanol–water partition coefficient (Wildman–Crippen LogP) is 3.09. The molecule has 1 aromatic heterocycles. The van der Waals surface area contributed by atoms with Gasteiger partial charge < -0.3 is 9.47 Å². The first kappa shape index (κ1) is 19.8. The van der Waals surface area contributed by atoms with Crippen LogP contribution in [-0.4, -0.2) is 35.2 Å². The van der Waals surface area contributed by atoms with Crippen molar-refractivity contribution in [2.75, 3.05) is 7.11 Å². The molecule has 1 N–H and O–H groups in total. The lowest BCUT2D eigenvalue weighted by atomic mass is 9.84. The summed E-state index contributed by atoms with van der Waals surface area (Å²) in [7, 11) is 1.38. The lowest BCUT2D eigenvalue weighted by molar-refractivity contribution is -0.160. The lowest BCUT2D eigenvalue weighted by Crippen LogP contribution is -2.49. The van der Waals surface area contributed by atoms with E-state index in [0.29, 0.717) is 12.8 Å². The van der Waals surface area contributed by atoms with Gasteiger partial charge >= 0.3 is 11.9 Å². The van der Waals surface area contributed by atoms with Crippen LogP contribution in [0.4, 0.5) is 0 Å². The Morgan fingerprint density at radius 1 is 1.44 bits per heavy atom. The highest BCUT2D eigenvalue weighted by molar-refractivity contribution is 7.09. The first-order chi connectivity index (χ1) is 11.6. The molecule has 0 amide bonds. The van der Waals surface area contributed by atoms with Crippen LogP contribution in [0.15, 0.2) is 11.6 Å². The van der Waals surface area contributed by atoms with Crippen molar-refractivity contribution in [1.82, 2.24) is 10.3 Å². The number of esters is 2. The molecule has 2 rings (SSSR count). The second kappa shape index (κ2) is 7.41.